The topological polar surface area (TPSA) is 84.2 Å². The molecular weight excluding hydrogens is 380 g/mol. The van der Waals surface area contributed by atoms with Crippen LogP contribution in [0.1, 0.15) is 23.9 Å². The number of hydrogen-bond donors (Lipinski definition) is 2. The third-order valence-corrected chi connectivity index (χ3v) is 4.27. The van der Waals surface area contributed by atoms with E-state index < -0.39 is 29.5 Å². The molecule has 0 saturated carbocycles. The molecule has 29 heavy (non-hydrogen) atoms. The number of hydrogen-bond acceptors (Lipinski definition) is 4. The van der Waals surface area contributed by atoms with Crippen molar-refractivity contribution in [3.8, 4) is 11.3 Å². The molecule has 0 fully saturated rings. The van der Waals surface area contributed by atoms with E-state index >= 15 is 0 Å². The van der Waals surface area contributed by atoms with Crippen LogP contribution in [0.25, 0.3) is 11.3 Å². The van der Waals surface area contributed by atoms with E-state index in [0.29, 0.717) is 11.7 Å². The second-order valence-electron chi connectivity index (χ2n) is 6.27. The molecule has 8 heteroatoms. The number of oxazole rings is 1. The predicted octanol–water partition coefficient (Wildman–Crippen LogP) is 3.16. The molecular formula is C21H19F2N3O3. The van der Waals surface area contributed by atoms with Gasteiger partial charge < -0.3 is 15.1 Å². The summed E-state index contributed by atoms with van der Waals surface area (Å²) in [5, 5.41) is 4.93. The van der Waals surface area contributed by atoms with Crippen molar-refractivity contribution in [2.24, 2.45) is 0 Å². The Bertz CT molecular complexity index is 1010. The molecule has 0 bridgehead atoms. The van der Waals surface area contributed by atoms with Crippen molar-refractivity contribution in [1.29, 1.82) is 0 Å². The minimum Gasteiger partial charge on any atom is -0.441 e. The van der Waals surface area contributed by atoms with Gasteiger partial charge in [0.05, 0.1) is 6.20 Å². The standard InChI is InChI=1S/C21H19F2N3O3/c1-24-21(28)20(14-7-8-15(22)16(23)11-14)26-18(27)9-10-19-25-12-17(29-19)13-5-3-2-4-6-13/h2-8,11-12,20H,9-10H2,1H3,(H,24,28)(H,26,27). The number of carbonyl (C=O) groups excluding carboxylic acids is 2. The summed E-state index contributed by atoms with van der Waals surface area (Å²) in [5.41, 5.74) is 1.01. The van der Waals surface area contributed by atoms with E-state index in [9.17, 15) is 18.4 Å². The lowest BCUT2D eigenvalue weighted by molar-refractivity contribution is -0.128. The van der Waals surface area contributed by atoms with Crippen molar-refractivity contribution in [2.75, 3.05) is 7.05 Å². The van der Waals surface area contributed by atoms with Crippen LogP contribution in [0, 0.1) is 11.6 Å². The fourth-order valence-corrected chi connectivity index (χ4v) is 2.75. The minimum atomic E-state index is -1.15. The average molecular weight is 399 g/mol. The van der Waals surface area contributed by atoms with Gasteiger partial charge in [-0.15, -0.1) is 0 Å². The van der Waals surface area contributed by atoms with Gasteiger partial charge in [-0.2, -0.15) is 0 Å². The minimum absolute atomic E-state index is 0.00587. The molecule has 1 atom stereocenters. The van der Waals surface area contributed by atoms with Gasteiger partial charge in [-0.25, -0.2) is 13.8 Å². The van der Waals surface area contributed by atoms with Gasteiger partial charge in [-0.3, -0.25) is 9.59 Å². The van der Waals surface area contributed by atoms with Crippen LogP contribution in [-0.4, -0.2) is 23.8 Å². The number of halogens is 2. The summed E-state index contributed by atoms with van der Waals surface area (Å²) in [4.78, 5) is 28.6. The quantitative estimate of drug-likeness (QED) is 0.639. The Labute approximate surface area is 166 Å². The Morgan fingerprint density at radius 2 is 1.86 bits per heavy atom. The largest absolute Gasteiger partial charge is 0.441 e. The van der Waals surface area contributed by atoms with E-state index in [1.807, 2.05) is 30.3 Å². The van der Waals surface area contributed by atoms with Crippen molar-refractivity contribution in [1.82, 2.24) is 15.6 Å². The Hall–Kier alpha value is -3.55. The molecule has 0 radical (unpaired) electrons. The zero-order valence-corrected chi connectivity index (χ0v) is 15.6. The van der Waals surface area contributed by atoms with Crippen molar-refractivity contribution < 1.29 is 22.8 Å². The molecule has 0 aliphatic carbocycles. The van der Waals surface area contributed by atoms with Crippen LogP contribution in [0.2, 0.25) is 0 Å². The first-order valence-corrected chi connectivity index (χ1v) is 8.94. The van der Waals surface area contributed by atoms with Gasteiger partial charge in [0.25, 0.3) is 0 Å². The zero-order chi connectivity index (χ0) is 20.8. The fraction of sp³-hybridized carbons (Fsp3) is 0.190. The van der Waals surface area contributed by atoms with E-state index in [2.05, 4.69) is 15.6 Å². The maximum Gasteiger partial charge on any atom is 0.246 e. The van der Waals surface area contributed by atoms with Gasteiger partial charge in [-0.05, 0) is 17.7 Å². The first kappa shape index (κ1) is 20.2. The summed E-state index contributed by atoms with van der Waals surface area (Å²) in [7, 11) is 1.39. The van der Waals surface area contributed by atoms with E-state index in [1.54, 1.807) is 6.20 Å². The number of nitrogens with zero attached hydrogens (tertiary/aromatic N) is 1. The molecule has 0 saturated heterocycles. The number of carbonyl (C=O) groups is 2. The monoisotopic (exact) mass is 399 g/mol. The summed E-state index contributed by atoms with van der Waals surface area (Å²) in [6.07, 6.45) is 1.81. The summed E-state index contributed by atoms with van der Waals surface area (Å²) in [6, 6.07) is 11.3. The maximum absolute atomic E-state index is 13.5. The highest BCUT2D eigenvalue weighted by Gasteiger charge is 2.23. The molecule has 2 aromatic carbocycles. The molecule has 1 aromatic heterocycles. The number of aryl methyl sites for hydroxylation is 1. The molecule has 3 aromatic rings. The maximum atomic E-state index is 13.5. The molecule has 1 unspecified atom stereocenters. The fourth-order valence-electron chi connectivity index (χ4n) is 2.75. The van der Waals surface area contributed by atoms with Gasteiger partial charge in [0.15, 0.2) is 23.3 Å². The van der Waals surface area contributed by atoms with Crippen molar-refractivity contribution in [2.45, 2.75) is 18.9 Å². The van der Waals surface area contributed by atoms with Crippen molar-refractivity contribution in [3.63, 3.8) is 0 Å². The predicted molar refractivity (Wildman–Crippen MR) is 102 cm³/mol. The molecule has 0 aliphatic rings. The molecule has 3 rings (SSSR count). The van der Waals surface area contributed by atoms with Crippen LogP contribution >= 0.6 is 0 Å². The molecule has 1 heterocycles. The number of rotatable bonds is 7. The van der Waals surface area contributed by atoms with Gasteiger partial charge in [0.2, 0.25) is 11.8 Å². The number of aromatic nitrogens is 1. The first-order valence-electron chi connectivity index (χ1n) is 8.94. The lowest BCUT2D eigenvalue weighted by Gasteiger charge is -2.17. The lowest BCUT2D eigenvalue weighted by atomic mass is 10.1. The molecule has 2 N–H and O–H groups in total. The molecule has 150 valence electrons. The van der Waals surface area contributed by atoms with Crippen LogP contribution < -0.4 is 10.6 Å². The van der Waals surface area contributed by atoms with Crippen LogP contribution in [0.3, 0.4) is 0 Å². The molecule has 2 amide bonds. The number of amides is 2. The third kappa shape index (κ3) is 5.04. The molecule has 0 aliphatic heterocycles. The third-order valence-electron chi connectivity index (χ3n) is 4.27. The summed E-state index contributed by atoms with van der Waals surface area (Å²) in [6.45, 7) is 0. The first-order chi connectivity index (χ1) is 14.0. The summed E-state index contributed by atoms with van der Waals surface area (Å²) >= 11 is 0. The Kier molecular flexibility index (Phi) is 6.33. The highest BCUT2D eigenvalue weighted by Crippen LogP contribution is 2.21. The second kappa shape index (κ2) is 9.09. The van der Waals surface area contributed by atoms with Gasteiger partial charge in [-0.1, -0.05) is 36.4 Å². The summed E-state index contributed by atoms with van der Waals surface area (Å²) in [5.74, 6) is -2.17. The van der Waals surface area contributed by atoms with Crippen LogP contribution in [-0.2, 0) is 16.0 Å². The van der Waals surface area contributed by atoms with Crippen molar-refractivity contribution in [3.05, 3.63) is 77.8 Å². The highest BCUT2D eigenvalue weighted by molar-refractivity contribution is 5.88. The van der Waals surface area contributed by atoms with E-state index in [4.69, 9.17) is 4.42 Å². The zero-order valence-electron chi connectivity index (χ0n) is 15.6. The van der Waals surface area contributed by atoms with Gasteiger partial charge in [0, 0.05) is 25.5 Å². The smallest absolute Gasteiger partial charge is 0.246 e. The van der Waals surface area contributed by atoms with Crippen LogP contribution in [0.15, 0.2) is 59.1 Å². The van der Waals surface area contributed by atoms with Crippen LogP contribution in [0.4, 0.5) is 8.78 Å². The normalized spacial score (nSPS) is 11.7. The van der Waals surface area contributed by atoms with E-state index in [0.717, 1.165) is 17.7 Å². The Morgan fingerprint density at radius 1 is 1.10 bits per heavy atom. The average Bonchev–Trinajstić information content (AvgIpc) is 3.22. The van der Waals surface area contributed by atoms with E-state index in [-0.39, 0.29) is 18.4 Å². The Balaban J connectivity index is 1.64. The number of nitrogens with one attached hydrogen (secondary N) is 2. The highest BCUT2D eigenvalue weighted by atomic mass is 19.2. The second-order valence-corrected chi connectivity index (χ2v) is 6.27. The number of benzene rings is 2. The molecule has 6 nitrogen and oxygen atoms in total. The van der Waals surface area contributed by atoms with E-state index in [1.165, 1.54) is 13.1 Å². The summed E-state index contributed by atoms with van der Waals surface area (Å²) < 4.78 is 32.3. The SMILES string of the molecule is CNC(=O)C(NC(=O)CCc1ncc(-c2ccccc2)o1)c1ccc(F)c(F)c1. The van der Waals surface area contributed by atoms with Gasteiger partial charge >= 0.3 is 0 Å². The van der Waals surface area contributed by atoms with Crippen LogP contribution in [0.5, 0.6) is 0 Å². The Morgan fingerprint density at radius 3 is 2.55 bits per heavy atom. The molecule has 0 spiro atoms. The van der Waals surface area contributed by atoms with Gasteiger partial charge in [0.1, 0.15) is 6.04 Å². The lowest BCUT2D eigenvalue weighted by Crippen LogP contribution is -2.39. The van der Waals surface area contributed by atoms with Crippen molar-refractivity contribution >= 4 is 11.8 Å². The number of likely N-dealkylation sites (N-methyl/N-ethyl adjacent to an activating group) is 1.